The third kappa shape index (κ3) is 2.83. The quantitative estimate of drug-likeness (QED) is 0.762. The first-order valence-electron chi connectivity index (χ1n) is 5.95. The molecular weight excluding hydrogens is 266 g/mol. The number of rotatable bonds is 4. The van der Waals surface area contributed by atoms with Gasteiger partial charge in [-0.2, -0.15) is 0 Å². The van der Waals surface area contributed by atoms with Crippen LogP contribution in [-0.2, 0) is 14.3 Å². The third-order valence-electron chi connectivity index (χ3n) is 2.87. The molecule has 1 heterocycles. The molecule has 0 saturated carbocycles. The number of esters is 1. The summed E-state index contributed by atoms with van der Waals surface area (Å²) < 4.78 is 14.9. The molecule has 0 radical (unpaired) electrons. The molecular formula is C13H15NO6. The number of amides is 1. The van der Waals surface area contributed by atoms with Gasteiger partial charge < -0.3 is 24.6 Å². The standard InChI is InChI=1S/C13H15NO6/c1-7(15)14-11(13(17)18-2)12(16)8-3-4-9-10(5-8)20-6-19-9/h3-5,11-12,16H,6H2,1-2H3,(H,14,15)/t11-,12?/m0/s1. The van der Waals surface area contributed by atoms with E-state index in [0.717, 1.165) is 0 Å². The number of aliphatic hydroxyl groups excluding tert-OH is 1. The molecule has 2 rings (SSSR count). The van der Waals surface area contributed by atoms with E-state index in [1.54, 1.807) is 18.2 Å². The Morgan fingerprint density at radius 3 is 2.70 bits per heavy atom. The monoisotopic (exact) mass is 281 g/mol. The maximum Gasteiger partial charge on any atom is 0.331 e. The normalized spacial score (nSPS) is 15.3. The van der Waals surface area contributed by atoms with Crippen LogP contribution in [-0.4, -0.2) is 36.9 Å². The highest BCUT2D eigenvalue weighted by Gasteiger charge is 2.30. The lowest BCUT2D eigenvalue weighted by Crippen LogP contribution is -2.44. The first kappa shape index (κ1) is 14.1. The van der Waals surface area contributed by atoms with Gasteiger partial charge in [-0.25, -0.2) is 4.79 Å². The van der Waals surface area contributed by atoms with E-state index in [-0.39, 0.29) is 6.79 Å². The summed E-state index contributed by atoms with van der Waals surface area (Å²) in [5, 5.41) is 12.6. The first-order valence-corrected chi connectivity index (χ1v) is 5.95. The number of hydrogen-bond acceptors (Lipinski definition) is 6. The number of carbonyl (C=O) groups excluding carboxylic acids is 2. The number of hydrogen-bond donors (Lipinski definition) is 2. The van der Waals surface area contributed by atoms with Crippen LogP contribution in [0.15, 0.2) is 18.2 Å². The molecule has 0 fully saturated rings. The van der Waals surface area contributed by atoms with E-state index in [2.05, 4.69) is 10.1 Å². The third-order valence-corrected chi connectivity index (χ3v) is 2.87. The summed E-state index contributed by atoms with van der Waals surface area (Å²) in [4.78, 5) is 22.8. The topological polar surface area (TPSA) is 94.1 Å². The number of fused-ring (bicyclic) bond motifs is 1. The highest BCUT2D eigenvalue weighted by atomic mass is 16.7. The van der Waals surface area contributed by atoms with Crippen molar-refractivity contribution in [3.8, 4) is 11.5 Å². The number of nitrogens with one attached hydrogen (secondary N) is 1. The molecule has 20 heavy (non-hydrogen) atoms. The number of ether oxygens (including phenoxy) is 3. The predicted molar refractivity (Wildman–Crippen MR) is 67.1 cm³/mol. The number of carbonyl (C=O) groups is 2. The molecule has 1 unspecified atom stereocenters. The van der Waals surface area contributed by atoms with Crippen LogP contribution in [0.25, 0.3) is 0 Å². The predicted octanol–water partition coefficient (Wildman–Crippen LogP) is 0.126. The Morgan fingerprint density at radius 1 is 1.35 bits per heavy atom. The fourth-order valence-electron chi connectivity index (χ4n) is 1.90. The summed E-state index contributed by atoms with van der Waals surface area (Å²) in [5.74, 6) is -0.131. The van der Waals surface area contributed by atoms with Gasteiger partial charge in [-0.3, -0.25) is 4.79 Å². The van der Waals surface area contributed by atoms with Crippen molar-refractivity contribution in [2.75, 3.05) is 13.9 Å². The number of aliphatic hydroxyl groups is 1. The van der Waals surface area contributed by atoms with Crippen LogP contribution in [0.2, 0.25) is 0 Å². The van der Waals surface area contributed by atoms with Crippen LogP contribution >= 0.6 is 0 Å². The minimum absolute atomic E-state index is 0.112. The average Bonchev–Trinajstić information content (AvgIpc) is 2.90. The number of benzene rings is 1. The summed E-state index contributed by atoms with van der Waals surface area (Å²) in [6.45, 7) is 1.36. The van der Waals surface area contributed by atoms with Crippen LogP contribution in [0, 0.1) is 0 Å². The maximum atomic E-state index is 11.6. The Balaban J connectivity index is 2.24. The van der Waals surface area contributed by atoms with Crippen molar-refractivity contribution in [3.63, 3.8) is 0 Å². The Kier molecular flexibility index (Phi) is 4.09. The van der Waals surface area contributed by atoms with Gasteiger partial charge in [-0.15, -0.1) is 0 Å². The molecule has 0 saturated heterocycles. The molecule has 1 aliphatic heterocycles. The fraction of sp³-hybridized carbons (Fsp3) is 0.385. The SMILES string of the molecule is COC(=O)[C@@H](NC(C)=O)C(O)c1ccc2c(c1)OCO2. The van der Waals surface area contributed by atoms with Gasteiger partial charge in [0.15, 0.2) is 17.5 Å². The second-order valence-corrected chi connectivity index (χ2v) is 4.26. The van der Waals surface area contributed by atoms with E-state index in [9.17, 15) is 14.7 Å². The second kappa shape index (κ2) is 5.79. The second-order valence-electron chi connectivity index (χ2n) is 4.26. The Hall–Kier alpha value is -2.28. The Morgan fingerprint density at radius 2 is 2.05 bits per heavy atom. The zero-order valence-corrected chi connectivity index (χ0v) is 11.1. The van der Waals surface area contributed by atoms with Crippen LogP contribution in [0.4, 0.5) is 0 Å². The number of methoxy groups -OCH3 is 1. The smallest absolute Gasteiger partial charge is 0.331 e. The van der Waals surface area contributed by atoms with Crippen molar-refractivity contribution < 1.29 is 28.9 Å². The molecule has 0 bridgehead atoms. The molecule has 0 aromatic heterocycles. The molecule has 0 aliphatic carbocycles. The van der Waals surface area contributed by atoms with Crippen molar-refractivity contribution in [3.05, 3.63) is 23.8 Å². The summed E-state index contributed by atoms with van der Waals surface area (Å²) in [5.41, 5.74) is 0.415. The summed E-state index contributed by atoms with van der Waals surface area (Å²) in [6, 6.07) is 3.60. The largest absolute Gasteiger partial charge is 0.467 e. The zero-order valence-electron chi connectivity index (χ0n) is 11.1. The molecule has 7 heteroatoms. The van der Waals surface area contributed by atoms with Gasteiger partial charge in [-0.05, 0) is 17.7 Å². The van der Waals surface area contributed by atoms with E-state index < -0.39 is 24.0 Å². The van der Waals surface area contributed by atoms with Crippen molar-refractivity contribution in [2.24, 2.45) is 0 Å². The Bertz CT molecular complexity index is 530. The minimum Gasteiger partial charge on any atom is -0.467 e. The van der Waals surface area contributed by atoms with Crippen LogP contribution in [0.5, 0.6) is 11.5 Å². The fourth-order valence-corrected chi connectivity index (χ4v) is 1.90. The van der Waals surface area contributed by atoms with E-state index in [1.807, 2.05) is 0 Å². The molecule has 1 aromatic carbocycles. The van der Waals surface area contributed by atoms with Crippen LogP contribution in [0.3, 0.4) is 0 Å². The van der Waals surface area contributed by atoms with Crippen LogP contribution < -0.4 is 14.8 Å². The molecule has 2 N–H and O–H groups in total. The van der Waals surface area contributed by atoms with Gasteiger partial charge in [0, 0.05) is 6.92 Å². The zero-order chi connectivity index (χ0) is 14.7. The van der Waals surface area contributed by atoms with Gasteiger partial charge in [0.1, 0.15) is 6.10 Å². The van der Waals surface area contributed by atoms with Gasteiger partial charge >= 0.3 is 5.97 Å². The molecule has 7 nitrogen and oxygen atoms in total. The first-order chi connectivity index (χ1) is 9.52. The van der Waals surface area contributed by atoms with Gasteiger partial charge in [0.2, 0.25) is 12.7 Å². The Labute approximate surface area is 115 Å². The van der Waals surface area contributed by atoms with E-state index in [1.165, 1.54) is 14.0 Å². The average molecular weight is 281 g/mol. The van der Waals surface area contributed by atoms with Gasteiger partial charge in [0.25, 0.3) is 0 Å². The molecule has 0 spiro atoms. The van der Waals surface area contributed by atoms with Gasteiger partial charge in [0.05, 0.1) is 7.11 Å². The highest BCUT2D eigenvalue weighted by Crippen LogP contribution is 2.34. The molecule has 1 amide bonds. The highest BCUT2D eigenvalue weighted by molar-refractivity contribution is 5.83. The van der Waals surface area contributed by atoms with Gasteiger partial charge in [-0.1, -0.05) is 6.07 Å². The van der Waals surface area contributed by atoms with E-state index in [4.69, 9.17) is 9.47 Å². The summed E-state index contributed by atoms with van der Waals surface area (Å²) in [6.07, 6.45) is -1.25. The maximum absolute atomic E-state index is 11.6. The van der Waals surface area contributed by atoms with Crippen molar-refractivity contribution in [1.29, 1.82) is 0 Å². The molecule has 108 valence electrons. The van der Waals surface area contributed by atoms with Crippen molar-refractivity contribution >= 4 is 11.9 Å². The lowest BCUT2D eigenvalue weighted by atomic mass is 10.0. The summed E-state index contributed by atoms with van der Waals surface area (Å²) in [7, 11) is 1.18. The molecule has 2 atom stereocenters. The van der Waals surface area contributed by atoms with Crippen molar-refractivity contribution in [1.82, 2.24) is 5.32 Å². The lowest BCUT2D eigenvalue weighted by molar-refractivity contribution is -0.148. The van der Waals surface area contributed by atoms with Crippen molar-refractivity contribution in [2.45, 2.75) is 19.1 Å². The lowest BCUT2D eigenvalue weighted by Gasteiger charge is -2.21. The van der Waals surface area contributed by atoms with Crippen LogP contribution in [0.1, 0.15) is 18.6 Å². The molecule has 1 aliphatic rings. The molecule has 1 aromatic rings. The van der Waals surface area contributed by atoms with E-state index in [0.29, 0.717) is 17.1 Å². The minimum atomic E-state index is -1.25. The van der Waals surface area contributed by atoms with E-state index >= 15 is 0 Å². The summed E-state index contributed by atoms with van der Waals surface area (Å²) >= 11 is 0.